The van der Waals surface area contributed by atoms with Crippen LogP contribution in [0.5, 0.6) is 0 Å². The molecule has 0 radical (unpaired) electrons. The van der Waals surface area contributed by atoms with Gasteiger partial charge in [-0.3, -0.25) is 4.79 Å². The Morgan fingerprint density at radius 1 is 1.21 bits per heavy atom. The summed E-state index contributed by atoms with van der Waals surface area (Å²) in [7, 11) is 1.61. The zero-order chi connectivity index (χ0) is 17.5. The lowest BCUT2D eigenvalue weighted by Crippen LogP contribution is -2.14. The van der Waals surface area contributed by atoms with Crippen molar-refractivity contribution >= 4 is 28.2 Å². The van der Waals surface area contributed by atoms with Crippen molar-refractivity contribution < 1.29 is 19.1 Å². The molecule has 0 saturated heterocycles. The Bertz CT molecular complexity index is 724. The number of carbonyl (C=O) groups excluding carboxylic acids is 2. The molecule has 24 heavy (non-hydrogen) atoms. The number of anilines is 1. The highest BCUT2D eigenvalue weighted by Crippen LogP contribution is 2.29. The predicted octanol–water partition coefficient (Wildman–Crippen LogP) is 3.89. The lowest BCUT2D eigenvalue weighted by atomic mass is 10.1. The summed E-state index contributed by atoms with van der Waals surface area (Å²) in [6.45, 7) is 4.49. The van der Waals surface area contributed by atoms with E-state index in [1.807, 2.05) is 13.0 Å². The average molecular weight is 347 g/mol. The largest absolute Gasteiger partial charge is 0.462 e. The van der Waals surface area contributed by atoms with Gasteiger partial charge in [0.2, 0.25) is 0 Å². The van der Waals surface area contributed by atoms with Gasteiger partial charge in [0.05, 0.1) is 18.8 Å². The van der Waals surface area contributed by atoms with Gasteiger partial charge in [-0.15, -0.1) is 11.3 Å². The Hall–Kier alpha value is -2.18. The molecule has 0 saturated carbocycles. The molecule has 1 amide bonds. The zero-order valence-corrected chi connectivity index (χ0v) is 14.9. The number of nitrogens with one attached hydrogen (secondary N) is 1. The van der Waals surface area contributed by atoms with Crippen LogP contribution < -0.4 is 5.32 Å². The Balaban J connectivity index is 2.23. The van der Waals surface area contributed by atoms with Crippen LogP contribution in [0.3, 0.4) is 0 Å². The second-order valence-electron chi connectivity index (χ2n) is 5.12. The number of ether oxygens (including phenoxy) is 2. The van der Waals surface area contributed by atoms with Crippen LogP contribution in [0.15, 0.2) is 30.3 Å². The first-order valence-electron chi connectivity index (χ1n) is 7.78. The quantitative estimate of drug-likeness (QED) is 0.772. The normalized spacial score (nSPS) is 10.5. The van der Waals surface area contributed by atoms with E-state index in [0.717, 1.165) is 16.9 Å². The minimum Gasteiger partial charge on any atom is -0.462 e. The zero-order valence-electron chi connectivity index (χ0n) is 14.0. The molecule has 0 atom stereocenters. The van der Waals surface area contributed by atoms with Gasteiger partial charge < -0.3 is 14.8 Å². The van der Waals surface area contributed by atoms with Crippen molar-refractivity contribution in [3.05, 3.63) is 51.9 Å². The molecule has 0 unspecified atom stereocenters. The topological polar surface area (TPSA) is 64.6 Å². The highest BCUT2D eigenvalue weighted by Gasteiger charge is 2.19. The van der Waals surface area contributed by atoms with E-state index >= 15 is 0 Å². The first-order valence-corrected chi connectivity index (χ1v) is 8.59. The molecular weight excluding hydrogens is 326 g/mol. The summed E-state index contributed by atoms with van der Waals surface area (Å²) in [6.07, 6.45) is 0.788. The maximum atomic E-state index is 12.5. The maximum absolute atomic E-state index is 12.5. The van der Waals surface area contributed by atoms with Gasteiger partial charge in [-0.2, -0.15) is 0 Å². The number of carbonyl (C=O) groups is 2. The number of hydrogen-bond acceptors (Lipinski definition) is 5. The molecule has 6 heteroatoms. The Morgan fingerprint density at radius 2 is 2.00 bits per heavy atom. The number of amides is 1. The second kappa shape index (κ2) is 8.61. The molecule has 0 fully saturated rings. The number of methoxy groups -OCH3 is 1. The van der Waals surface area contributed by atoms with E-state index in [4.69, 9.17) is 9.47 Å². The van der Waals surface area contributed by atoms with Crippen LogP contribution in [0, 0.1) is 0 Å². The van der Waals surface area contributed by atoms with E-state index in [9.17, 15) is 9.59 Å². The van der Waals surface area contributed by atoms with Crippen LogP contribution in [0.25, 0.3) is 0 Å². The van der Waals surface area contributed by atoms with Gasteiger partial charge >= 0.3 is 5.97 Å². The Kier molecular flexibility index (Phi) is 6.52. The van der Waals surface area contributed by atoms with Crippen LogP contribution in [0.4, 0.5) is 5.00 Å². The predicted molar refractivity (Wildman–Crippen MR) is 94.8 cm³/mol. The highest BCUT2D eigenvalue weighted by atomic mass is 32.1. The van der Waals surface area contributed by atoms with E-state index < -0.39 is 5.97 Å². The Morgan fingerprint density at radius 3 is 2.67 bits per heavy atom. The SMILES string of the molecule is CCOC(=O)c1cc(CC)sc1NC(=O)c1cccc(COC)c1. The monoisotopic (exact) mass is 347 g/mol. The maximum Gasteiger partial charge on any atom is 0.341 e. The third-order valence-electron chi connectivity index (χ3n) is 3.35. The summed E-state index contributed by atoms with van der Waals surface area (Å²) >= 11 is 1.39. The minimum absolute atomic E-state index is 0.261. The molecular formula is C18H21NO4S. The molecule has 1 aromatic carbocycles. The van der Waals surface area contributed by atoms with Crippen LogP contribution in [0.1, 0.15) is 45.0 Å². The molecule has 0 spiro atoms. The molecule has 1 heterocycles. The summed E-state index contributed by atoms with van der Waals surface area (Å²) < 4.78 is 10.2. The van der Waals surface area contributed by atoms with E-state index in [1.165, 1.54) is 11.3 Å². The third-order valence-corrected chi connectivity index (χ3v) is 4.55. The first-order chi connectivity index (χ1) is 11.6. The fraction of sp³-hybridized carbons (Fsp3) is 0.333. The summed E-state index contributed by atoms with van der Waals surface area (Å²) in [4.78, 5) is 25.6. The van der Waals surface area contributed by atoms with Crippen molar-refractivity contribution in [1.29, 1.82) is 0 Å². The summed E-state index contributed by atoms with van der Waals surface area (Å²) in [5, 5.41) is 3.35. The summed E-state index contributed by atoms with van der Waals surface area (Å²) in [6, 6.07) is 8.98. The van der Waals surface area contributed by atoms with E-state index in [2.05, 4.69) is 5.32 Å². The standard InChI is InChI=1S/C18H21NO4S/c1-4-14-10-15(18(21)23-5-2)17(24-14)19-16(20)13-8-6-7-12(9-13)11-22-3/h6-10H,4-5,11H2,1-3H3,(H,19,20). The van der Waals surface area contributed by atoms with Crippen LogP contribution in [0.2, 0.25) is 0 Å². The molecule has 1 N–H and O–H groups in total. The van der Waals surface area contributed by atoms with Crippen LogP contribution in [-0.4, -0.2) is 25.6 Å². The van der Waals surface area contributed by atoms with E-state index in [0.29, 0.717) is 29.3 Å². The van der Waals surface area contributed by atoms with E-state index in [1.54, 1.807) is 38.3 Å². The molecule has 128 valence electrons. The fourth-order valence-corrected chi connectivity index (χ4v) is 3.19. The van der Waals surface area contributed by atoms with Crippen molar-refractivity contribution in [1.82, 2.24) is 0 Å². The van der Waals surface area contributed by atoms with Crippen molar-refractivity contribution in [3.63, 3.8) is 0 Å². The summed E-state index contributed by atoms with van der Waals surface area (Å²) in [5.74, 6) is -0.681. The highest BCUT2D eigenvalue weighted by molar-refractivity contribution is 7.16. The number of aryl methyl sites for hydroxylation is 1. The van der Waals surface area contributed by atoms with Gasteiger partial charge in [-0.25, -0.2) is 4.79 Å². The molecule has 5 nitrogen and oxygen atoms in total. The lowest BCUT2D eigenvalue weighted by Gasteiger charge is -2.07. The van der Waals surface area contributed by atoms with Gasteiger partial charge in [-0.1, -0.05) is 19.1 Å². The van der Waals surface area contributed by atoms with Crippen LogP contribution >= 0.6 is 11.3 Å². The van der Waals surface area contributed by atoms with Crippen molar-refractivity contribution in [2.24, 2.45) is 0 Å². The van der Waals surface area contributed by atoms with Gasteiger partial charge in [0.1, 0.15) is 5.00 Å². The molecule has 2 rings (SSSR count). The van der Waals surface area contributed by atoms with Gasteiger partial charge in [-0.05, 0) is 37.1 Å². The van der Waals surface area contributed by atoms with Crippen molar-refractivity contribution in [2.75, 3.05) is 19.0 Å². The molecule has 0 aliphatic rings. The number of benzene rings is 1. The molecule has 0 aliphatic carbocycles. The molecule has 1 aromatic heterocycles. The number of thiophene rings is 1. The molecule has 0 bridgehead atoms. The average Bonchev–Trinajstić information content (AvgIpc) is 2.99. The fourth-order valence-electron chi connectivity index (χ4n) is 2.21. The van der Waals surface area contributed by atoms with Crippen LogP contribution in [-0.2, 0) is 22.5 Å². The number of hydrogen-bond donors (Lipinski definition) is 1. The van der Waals surface area contributed by atoms with Gasteiger partial charge in [0.15, 0.2) is 0 Å². The number of esters is 1. The Labute approximate surface area is 145 Å². The molecule has 0 aliphatic heterocycles. The van der Waals surface area contributed by atoms with Gasteiger partial charge in [0.25, 0.3) is 5.91 Å². The second-order valence-corrected chi connectivity index (χ2v) is 6.25. The lowest BCUT2D eigenvalue weighted by molar-refractivity contribution is 0.0528. The smallest absolute Gasteiger partial charge is 0.341 e. The van der Waals surface area contributed by atoms with Crippen molar-refractivity contribution in [3.8, 4) is 0 Å². The molecule has 2 aromatic rings. The minimum atomic E-state index is -0.420. The summed E-state index contributed by atoms with van der Waals surface area (Å²) in [5.41, 5.74) is 1.84. The van der Waals surface area contributed by atoms with Gasteiger partial charge in [0, 0.05) is 17.6 Å². The van der Waals surface area contributed by atoms with Crippen molar-refractivity contribution in [2.45, 2.75) is 26.9 Å². The number of rotatable bonds is 7. The first kappa shape index (κ1) is 18.2. The third kappa shape index (κ3) is 4.43. The van der Waals surface area contributed by atoms with E-state index in [-0.39, 0.29) is 5.91 Å².